The summed E-state index contributed by atoms with van der Waals surface area (Å²) in [6.07, 6.45) is 4.33. The molecule has 0 aliphatic carbocycles. The number of amides is 3. The Morgan fingerprint density at radius 2 is 1.73 bits per heavy atom. The molecule has 0 radical (unpaired) electrons. The van der Waals surface area contributed by atoms with Gasteiger partial charge in [-0.25, -0.2) is 0 Å². The lowest BCUT2D eigenvalue weighted by Crippen LogP contribution is -2.55. The molecule has 6 nitrogen and oxygen atoms in total. The highest BCUT2D eigenvalue weighted by molar-refractivity contribution is 6.16. The molecule has 1 spiro atoms. The Balaban J connectivity index is 1.61. The molecule has 4 unspecified atom stereocenters. The Morgan fingerprint density at radius 1 is 1.00 bits per heavy atom. The van der Waals surface area contributed by atoms with E-state index in [1.165, 1.54) is 4.90 Å². The molecule has 5 rings (SSSR count). The predicted molar refractivity (Wildman–Crippen MR) is 126 cm³/mol. The number of nitrogens with zero attached hydrogens (tertiary/aromatic N) is 2. The molecule has 6 heteroatoms. The number of benzene rings is 2. The number of hydrogen-bond acceptors (Lipinski definition) is 4. The smallest absolute Gasteiger partial charge is 0.253 e. The van der Waals surface area contributed by atoms with Crippen molar-refractivity contribution in [1.82, 2.24) is 10.2 Å². The lowest BCUT2D eigenvalue weighted by Gasteiger charge is -2.30. The molecule has 2 aromatic carbocycles. The van der Waals surface area contributed by atoms with E-state index in [9.17, 15) is 14.4 Å². The molecule has 2 aromatic rings. The molecule has 3 aliphatic heterocycles. The zero-order valence-electron chi connectivity index (χ0n) is 18.9. The normalized spacial score (nSPS) is 28.0. The number of unbranched alkanes of at least 4 members (excludes halogenated alkanes) is 1. The van der Waals surface area contributed by atoms with Crippen LogP contribution in [0.25, 0.3) is 0 Å². The first-order valence-corrected chi connectivity index (χ1v) is 11.7. The molecule has 0 saturated carbocycles. The fourth-order valence-electron chi connectivity index (χ4n) is 5.91. The van der Waals surface area contributed by atoms with Crippen LogP contribution in [-0.4, -0.2) is 35.2 Å². The Labute approximate surface area is 194 Å². The van der Waals surface area contributed by atoms with Crippen LogP contribution in [0.3, 0.4) is 0 Å². The molecule has 2 fully saturated rings. The first-order valence-electron chi connectivity index (χ1n) is 11.7. The van der Waals surface area contributed by atoms with Gasteiger partial charge in [0.15, 0.2) is 0 Å². The highest BCUT2D eigenvalue weighted by Gasteiger charge is 2.71. The SMILES string of the molecule is C=CCN1C(=O)C2(NC(CCCC)C3C(=O)N(Cc4ccccc4)C(=O)C32)c2ccccc21. The van der Waals surface area contributed by atoms with Gasteiger partial charge in [0, 0.05) is 23.8 Å². The minimum atomic E-state index is -1.22. The summed E-state index contributed by atoms with van der Waals surface area (Å²) < 4.78 is 0. The summed E-state index contributed by atoms with van der Waals surface area (Å²) in [7, 11) is 0. The lowest BCUT2D eigenvalue weighted by atomic mass is 9.76. The zero-order chi connectivity index (χ0) is 23.2. The zero-order valence-corrected chi connectivity index (χ0v) is 18.9. The van der Waals surface area contributed by atoms with Gasteiger partial charge in [-0.3, -0.25) is 24.6 Å². The first-order chi connectivity index (χ1) is 16.0. The number of anilines is 1. The van der Waals surface area contributed by atoms with Gasteiger partial charge in [0.25, 0.3) is 5.91 Å². The number of nitrogens with one attached hydrogen (secondary N) is 1. The number of rotatable bonds is 7. The number of likely N-dealkylation sites (tertiary alicyclic amines) is 1. The Morgan fingerprint density at radius 3 is 2.45 bits per heavy atom. The van der Waals surface area contributed by atoms with E-state index in [0.717, 1.165) is 36.1 Å². The Kier molecular flexibility index (Phi) is 5.41. The molecule has 1 N–H and O–H groups in total. The second-order valence-corrected chi connectivity index (χ2v) is 9.17. The molecule has 3 aliphatic rings. The third-order valence-corrected chi connectivity index (χ3v) is 7.32. The van der Waals surface area contributed by atoms with Gasteiger partial charge in [-0.15, -0.1) is 6.58 Å². The predicted octanol–water partition coefficient (Wildman–Crippen LogP) is 3.38. The minimum absolute atomic E-state index is 0.166. The minimum Gasteiger partial charge on any atom is -0.306 e. The fourth-order valence-corrected chi connectivity index (χ4v) is 5.91. The van der Waals surface area contributed by atoms with Crippen LogP contribution in [0.5, 0.6) is 0 Å². The van der Waals surface area contributed by atoms with Crippen molar-refractivity contribution in [3.63, 3.8) is 0 Å². The van der Waals surface area contributed by atoms with Crippen LogP contribution in [0.1, 0.15) is 37.3 Å². The summed E-state index contributed by atoms with van der Waals surface area (Å²) in [5.41, 5.74) is 1.25. The second-order valence-electron chi connectivity index (χ2n) is 9.17. The molecule has 2 saturated heterocycles. The summed E-state index contributed by atoms with van der Waals surface area (Å²) in [5, 5.41) is 3.55. The van der Waals surface area contributed by atoms with Crippen LogP contribution in [0.4, 0.5) is 5.69 Å². The van der Waals surface area contributed by atoms with E-state index in [1.807, 2.05) is 54.6 Å². The van der Waals surface area contributed by atoms with E-state index in [0.29, 0.717) is 6.54 Å². The number of fused-ring (bicyclic) bond motifs is 4. The number of carbonyl (C=O) groups is 3. The van der Waals surface area contributed by atoms with E-state index in [2.05, 4.69) is 18.8 Å². The largest absolute Gasteiger partial charge is 0.306 e. The van der Waals surface area contributed by atoms with Gasteiger partial charge in [-0.1, -0.05) is 74.4 Å². The third-order valence-electron chi connectivity index (χ3n) is 7.32. The monoisotopic (exact) mass is 443 g/mol. The van der Waals surface area contributed by atoms with Crippen molar-refractivity contribution in [3.8, 4) is 0 Å². The van der Waals surface area contributed by atoms with E-state index in [1.54, 1.807) is 11.0 Å². The summed E-state index contributed by atoms with van der Waals surface area (Å²) in [6, 6.07) is 16.9. The number of imide groups is 1. The van der Waals surface area contributed by atoms with Crippen molar-refractivity contribution in [3.05, 3.63) is 78.4 Å². The molecule has 170 valence electrons. The van der Waals surface area contributed by atoms with Crippen LogP contribution in [0, 0.1) is 11.8 Å². The van der Waals surface area contributed by atoms with Crippen molar-refractivity contribution >= 4 is 23.4 Å². The number of para-hydroxylation sites is 1. The summed E-state index contributed by atoms with van der Waals surface area (Å²) in [6.45, 7) is 6.50. The molecule has 33 heavy (non-hydrogen) atoms. The highest BCUT2D eigenvalue weighted by Crippen LogP contribution is 2.55. The molecular formula is C27H29N3O3. The fraction of sp³-hybridized carbons (Fsp3) is 0.370. The van der Waals surface area contributed by atoms with Gasteiger partial charge in [0.1, 0.15) is 5.54 Å². The van der Waals surface area contributed by atoms with Crippen LogP contribution in [0.15, 0.2) is 67.3 Å². The van der Waals surface area contributed by atoms with E-state index < -0.39 is 17.4 Å². The average molecular weight is 444 g/mol. The summed E-state index contributed by atoms with van der Waals surface area (Å²) >= 11 is 0. The van der Waals surface area contributed by atoms with Gasteiger partial charge in [0.05, 0.1) is 18.4 Å². The van der Waals surface area contributed by atoms with Crippen molar-refractivity contribution in [2.75, 3.05) is 11.4 Å². The third kappa shape index (κ3) is 3.08. The standard InChI is InChI=1S/C27H29N3O3/c1-3-5-14-20-22-23(25(32)30(24(22)31)17-18-11-7-6-8-12-18)27(28-20)19-13-9-10-15-21(19)29(16-4-2)26(27)33/h4,6-13,15,20,22-23,28H,2-3,5,14,16-17H2,1H3. The first kappa shape index (κ1) is 21.6. The van der Waals surface area contributed by atoms with Gasteiger partial charge in [-0.2, -0.15) is 0 Å². The van der Waals surface area contributed by atoms with Crippen LogP contribution < -0.4 is 10.2 Å². The van der Waals surface area contributed by atoms with Gasteiger partial charge < -0.3 is 4.90 Å². The molecular weight excluding hydrogens is 414 g/mol. The van der Waals surface area contributed by atoms with Gasteiger partial charge >= 0.3 is 0 Å². The summed E-state index contributed by atoms with van der Waals surface area (Å²) in [4.78, 5) is 44.6. The maximum Gasteiger partial charge on any atom is 0.253 e. The van der Waals surface area contributed by atoms with Gasteiger partial charge in [-0.05, 0) is 18.1 Å². The lowest BCUT2D eigenvalue weighted by molar-refractivity contribution is -0.143. The molecule has 4 atom stereocenters. The van der Waals surface area contributed by atoms with Crippen molar-refractivity contribution in [2.24, 2.45) is 11.8 Å². The molecule has 3 heterocycles. The number of hydrogen-bond donors (Lipinski definition) is 1. The summed E-state index contributed by atoms with van der Waals surface area (Å²) in [5.74, 6) is -1.90. The van der Waals surface area contributed by atoms with Crippen LogP contribution in [0.2, 0.25) is 0 Å². The van der Waals surface area contributed by atoms with E-state index in [-0.39, 0.29) is 30.3 Å². The maximum absolute atomic E-state index is 14.0. The van der Waals surface area contributed by atoms with E-state index >= 15 is 0 Å². The molecule has 0 aromatic heterocycles. The quantitative estimate of drug-likeness (QED) is 0.526. The van der Waals surface area contributed by atoms with Crippen molar-refractivity contribution in [2.45, 2.75) is 44.3 Å². The molecule has 3 amide bonds. The maximum atomic E-state index is 14.0. The average Bonchev–Trinajstić information content (AvgIpc) is 3.39. The Bertz CT molecular complexity index is 1110. The Hall–Kier alpha value is -3.25. The van der Waals surface area contributed by atoms with E-state index in [4.69, 9.17) is 0 Å². The highest BCUT2D eigenvalue weighted by atomic mass is 16.2. The van der Waals surface area contributed by atoms with Crippen molar-refractivity contribution < 1.29 is 14.4 Å². The van der Waals surface area contributed by atoms with Crippen molar-refractivity contribution in [1.29, 1.82) is 0 Å². The van der Waals surface area contributed by atoms with Gasteiger partial charge in [0.2, 0.25) is 11.8 Å². The molecule has 0 bridgehead atoms. The topological polar surface area (TPSA) is 69.7 Å². The number of carbonyl (C=O) groups excluding carboxylic acids is 3. The second kappa shape index (κ2) is 8.27. The van der Waals surface area contributed by atoms with Crippen LogP contribution >= 0.6 is 0 Å². The van der Waals surface area contributed by atoms with Crippen LogP contribution in [-0.2, 0) is 26.5 Å².